The first kappa shape index (κ1) is 36.8. The van der Waals surface area contributed by atoms with Gasteiger partial charge in [0.05, 0.1) is 0 Å². The molecule has 0 spiro atoms. The molecule has 4 aromatic rings. The van der Waals surface area contributed by atoms with Gasteiger partial charge in [-0.3, -0.25) is 0 Å². The molecule has 4 unspecified atom stereocenters. The van der Waals surface area contributed by atoms with Gasteiger partial charge in [-0.05, 0) is 62.2 Å². The Labute approximate surface area is 277 Å². The van der Waals surface area contributed by atoms with Crippen molar-refractivity contribution in [2.75, 3.05) is 0 Å². The van der Waals surface area contributed by atoms with E-state index in [-0.39, 0.29) is 51.0 Å². The van der Waals surface area contributed by atoms with Gasteiger partial charge in [0.15, 0.2) is 0 Å². The average molecular weight is 668 g/mol. The van der Waals surface area contributed by atoms with E-state index in [0.29, 0.717) is 0 Å². The Balaban J connectivity index is 0.000000341. The summed E-state index contributed by atoms with van der Waals surface area (Å²) in [4.78, 5) is 0. The molecule has 211 valence electrons. The molecule has 0 heterocycles. The Morgan fingerprint density at radius 3 is 1.40 bits per heavy atom. The van der Waals surface area contributed by atoms with Crippen LogP contribution in [0, 0.1) is 23.7 Å². The number of hydrogen-bond acceptors (Lipinski definition) is 0. The summed E-state index contributed by atoms with van der Waals surface area (Å²) in [6.45, 7) is 9.19. The molecule has 0 aromatic heterocycles. The minimum atomic E-state index is 0. The molecule has 0 saturated carbocycles. The fourth-order valence-electron chi connectivity index (χ4n) is 5.82. The molecule has 2 aliphatic rings. The summed E-state index contributed by atoms with van der Waals surface area (Å²) in [5, 5.41) is 5.54. The van der Waals surface area contributed by atoms with Gasteiger partial charge in [-0.25, -0.2) is 0 Å². The van der Waals surface area contributed by atoms with Crippen LogP contribution in [0.5, 0.6) is 0 Å². The van der Waals surface area contributed by atoms with E-state index in [2.05, 4.69) is 124 Å². The fraction of sp³-hybridized carbons (Fsp3) is 0.389. The average Bonchev–Trinajstić information content (AvgIpc) is 3.51. The quantitative estimate of drug-likeness (QED) is 0.176. The SMILES string of the molecule is CC1CCC=CC1Cc1cc2ccccc2[cH-]1.CC1CCC=CC1Cc1cc2ccccc2[cH-]1.C[SiH]C.[Cl-].[Cl-].[Zr+4]. The van der Waals surface area contributed by atoms with Crippen LogP contribution in [0.15, 0.2) is 97.1 Å². The first-order chi connectivity index (χ1) is 18.1. The monoisotopic (exact) mass is 665 g/mol. The molecule has 4 atom stereocenters. The van der Waals surface area contributed by atoms with E-state index >= 15 is 0 Å². The third kappa shape index (κ3) is 10.6. The van der Waals surface area contributed by atoms with Gasteiger partial charge in [-0.15, -0.1) is 81.2 Å². The maximum Gasteiger partial charge on any atom is 4.00 e. The second kappa shape index (κ2) is 19.1. The molecule has 0 N–H and O–H groups in total. The molecule has 6 rings (SSSR count). The number of rotatable bonds is 4. The predicted octanol–water partition coefficient (Wildman–Crippen LogP) is 3.93. The van der Waals surface area contributed by atoms with Crippen molar-refractivity contribution in [2.45, 2.75) is 65.5 Å². The summed E-state index contributed by atoms with van der Waals surface area (Å²) in [5.41, 5.74) is 2.99. The summed E-state index contributed by atoms with van der Waals surface area (Å²) in [5.74, 6) is 3.14. The van der Waals surface area contributed by atoms with Gasteiger partial charge in [0.1, 0.15) is 0 Å². The van der Waals surface area contributed by atoms with Crippen LogP contribution < -0.4 is 24.8 Å². The van der Waals surface area contributed by atoms with Crippen molar-refractivity contribution in [3.8, 4) is 0 Å². The van der Waals surface area contributed by atoms with Crippen LogP contribution >= 0.6 is 0 Å². The van der Waals surface area contributed by atoms with Gasteiger partial charge in [0, 0.05) is 9.52 Å². The Kier molecular flexibility index (Phi) is 17.6. The van der Waals surface area contributed by atoms with E-state index in [0.717, 1.165) is 33.2 Å². The molecule has 0 saturated heterocycles. The standard InChI is InChI=1S/2C17H19.C2H7Si.2ClH.Zr/c2*1-13-6-2-3-7-15(13)10-14-11-16-8-4-5-9-17(16)12-14;1-3-2;;;/h2*3-5,7-9,11-13,15H,2,6,10H2,1H3;3H,1-2H3;2*1H;/q2*-1;;;;+4/p-2. The molecule has 0 nitrogen and oxygen atoms in total. The molecule has 0 bridgehead atoms. The normalized spacial score (nSPS) is 21.1. The van der Waals surface area contributed by atoms with Gasteiger partial charge < -0.3 is 24.8 Å². The van der Waals surface area contributed by atoms with E-state index in [1.54, 1.807) is 0 Å². The third-order valence-electron chi connectivity index (χ3n) is 8.10. The van der Waals surface area contributed by atoms with Crippen molar-refractivity contribution in [1.82, 2.24) is 0 Å². The number of benzene rings is 2. The largest absolute Gasteiger partial charge is 4.00 e. The van der Waals surface area contributed by atoms with Crippen molar-refractivity contribution >= 4 is 31.1 Å². The zero-order chi connectivity index (χ0) is 26.0. The molecular formula is C36H45Cl2SiZr. The first-order valence-electron chi connectivity index (χ1n) is 14.4. The minimum Gasteiger partial charge on any atom is -1.00 e. The van der Waals surface area contributed by atoms with Crippen LogP contribution in [-0.2, 0) is 39.0 Å². The number of allylic oxidation sites excluding steroid dienone is 4. The topological polar surface area (TPSA) is 0 Å². The predicted molar refractivity (Wildman–Crippen MR) is 167 cm³/mol. The van der Waals surface area contributed by atoms with Gasteiger partial charge >= 0.3 is 26.2 Å². The van der Waals surface area contributed by atoms with Crippen molar-refractivity contribution in [2.24, 2.45) is 23.7 Å². The minimum absolute atomic E-state index is 0. The summed E-state index contributed by atoms with van der Waals surface area (Å²) < 4.78 is 0. The molecule has 0 fully saturated rings. The van der Waals surface area contributed by atoms with Crippen LogP contribution in [0.25, 0.3) is 21.5 Å². The van der Waals surface area contributed by atoms with Crippen LogP contribution in [0.1, 0.15) is 50.7 Å². The number of halogens is 2. The van der Waals surface area contributed by atoms with Gasteiger partial charge in [0.25, 0.3) is 0 Å². The maximum absolute atomic E-state index is 2.42. The van der Waals surface area contributed by atoms with E-state index in [1.165, 1.54) is 71.2 Å². The molecular weight excluding hydrogens is 623 g/mol. The van der Waals surface area contributed by atoms with Crippen molar-refractivity contribution in [3.63, 3.8) is 0 Å². The van der Waals surface area contributed by atoms with Gasteiger partial charge in [-0.1, -0.05) is 63.4 Å². The van der Waals surface area contributed by atoms with Crippen LogP contribution in [0.2, 0.25) is 13.1 Å². The van der Waals surface area contributed by atoms with E-state index in [4.69, 9.17) is 0 Å². The third-order valence-corrected chi connectivity index (χ3v) is 8.10. The molecule has 1 radical (unpaired) electrons. The van der Waals surface area contributed by atoms with E-state index in [1.807, 2.05) is 0 Å². The molecule has 0 aliphatic heterocycles. The zero-order valence-corrected chi connectivity index (χ0v) is 29.7. The Morgan fingerprint density at radius 2 is 1.05 bits per heavy atom. The van der Waals surface area contributed by atoms with Crippen molar-refractivity contribution < 1.29 is 51.0 Å². The van der Waals surface area contributed by atoms with Gasteiger partial charge in [-0.2, -0.15) is 12.1 Å². The van der Waals surface area contributed by atoms with Crippen LogP contribution in [0.4, 0.5) is 0 Å². The van der Waals surface area contributed by atoms with E-state index < -0.39 is 0 Å². The first-order valence-corrected chi connectivity index (χ1v) is 16.7. The molecule has 40 heavy (non-hydrogen) atoms. The zero-order valence-electron chi connectivity index (χ0n) is 24.6. The molecule has 4 aromatic carbocycles. The van der Waals surface area contributed by atoms with Gasteiger partial charge in [0.2, 0.25) is 0 Å². The van der Waals surface area contributed by atoms with E-state index in [9.17, 15) is 0 Å². The summed E-state index contributed by atoms with van der Waals surface area (Å²) in [6, 6.07) is 26.7. The van der Waals surface area contributed by atoms with Crippen LogP contribution in [-0.4, -0.2) is 9.52 Å². The molecule has 0 amide bonds. The maximum atomic E-state index is 2.42. The Morgan fingerprint density at radius 1 is 0.675 bits per heavy atom. The second-order valence-corrected chi connectivity index (χ2v) is 12.4. The Hall–Kier alpha value is -1.18. The van der Waals surface area contributed by atoms with Crippen molar-refractivity contribution in [1.29, 1.82) is 0 Å². The molecule has 2 aliphatic carbocycles. The molecule has 4 heteroatoms. The number of hydrogen-bond donors (Lipinski definition) is 0. The number of fused-ring (bicyclic) bond motifs is 2. The summed E-state index contributed by atoms with van der Waals surface area (Å²) in [7, 11) is 0.750. The summed E-state index contributed by atoms with van der Waals surface area (Å²) >= 11 is 0. The smallest absolute Gasteiger partial charge is 1.00 e. The van der Waals surface area contributed by atoms with Crippen LogP contribution in [0.3, 0.4) is 0 Å². The summed E-state index contributed by atoms with van der Waals surface area (Å²) in [6.07, 6.45) is 17.2. The Bertz CT molecular complexity index is 1130. The van der Waals surface area contributed by atoms with Crippen molar-refractivity contribution in [3.05, 3.63) is 108 Å². The second-order valence-electron chi connectivity index (χ2n) is 11.3. The fourth-order valence-corrected chi connectivity index (χ4v) is 5.82.